The lowest BCUT2D eigenvalue weighted by Gasteiger charge is -2.10. The Bertz CT molecular complexity index is 679. The maximum absolute atomic E-state index is 12.5. The van der Waals surface area contributed by atoms with Gasteiger partial charge in [0.2, 0.25) is 0 Å². The van der Waals surface area contributed by atoms with Crippen molar-refractivity contribution in [2.75, 3.05) is 6.61 Å². The number of amides is 1. The summed E-state index contributed by atoms with van der Waals surface area (Å²) in [5, 5.41) is 2.69. The van der Waals surface area contributed by atoms with Crippen LogP contribution in [0.3, 0.4) is 0 Å². The molecule has 0 radical (unpaired) electrons. The number of carbonyl (C=O) groups excluding carboxylic acids is 1. The summed E-state index contributed by atoms with van der Waals surface area (Å²) in [6.07, 6.45) is 1.61. The maximum Gasteiger partial charge on any atom is 0.533 e. The molecule has 0 aliphatic heterocycles. The molecule has 6 heteroatoms. The molecule has 2 rings (SSSR count). The number of ether oxygens (including phenoxy) is 1. The number of nitrogens with one attached hydrogen (secondary N) is 1. The topological polar surface area (TPSA) is 64.6 Å². The van der Waals surface area contributed by atoms with E-state index in [0.717, 1.165) is 24.0 Å². The molecule has 26 heavy (non-hydrogen) atoms. The molecule has 0 aliphatic rings. The van der Waals surface area contributed by atoms with Crippen LogP contribution in [0.15, 0.2) is 60.7 Å². The van der Waals surface area contributed by atoms with Crippen molar-refractivity contribution in [3.8, 4) is 0 Å². The molecule has 1 N–H and O–H groups in total. The maximum atomic E-state index is 12.5. The lowest BCUT2D eigenvalue weighted by molar-refractivity contribution is 0.137. The molecule has 0 heterocycles. The Morgan fingerprint density at radius 3 is 2.27 bits per heavy atom. The van der Waals surface area contributed by atoms with E-state index in [4.69, 9.17) is 9.26 Å². The summed E-state index contributed by atoms with van der Waals surface area (Å²) in [7, 11) is -2.04. The Labute approximate surface area is 155 Å². The largest absolute Gasteiger partial charge is 0.533 e. The number of rotatable bonds is 10. The van der Waals surface area contributed by atoms with Crippen LogP contribution in [0.4, 0.5) is 4.79 Å². The average molecular weight is 374 g/mol. The smallest absolute Gasteiger partial charge is 0.445 e. The van der Waals surface area contributed by atoms with Gasteiger partial charge in [-0.1, -0.05) is 74.0 Å². The molecule has 0 fully saturated rings. The van der Waals surface area contributed by atoms with Crippen molar-refractivity contribution in [3.05, 3.63) is 71.8 Å². The van der Waals surface area contributed by atoms with Gasteiger partial charge in [0.1, 0.15) is 13.2 Å². The van der Waals surface area contributed by atoms with E-state index in [1.807, 2.05) is 67.6 Å². The zero-order valence-corrected chi connectivity index (χ0v) is 15.9. The average Bonchev–Trinajstić information content (AvgIpc) is 2.67. The summed E-state index contributed by atoms with van der Waals surface area (Å²) in [6.45, 7) is 2.62. The zero-order valence-electron chi connectivity index (χ0n) is 15.0. The van der Waals surface area contributed by atoms with E-state index in [0.29, 0.717) is 13.0 Å². The van der Waals surface area contributed by atoms with Gasteiger partial charge in [-0.05, 0) is 22.1 Å². The normalized spacial score (nSPS) is 12.3. The van der Waals surface area contributed by atoms with E-state index in [-0.39, 0.29) is 6.61 Å². The number of hydrogen-bond donors (Lipinski definition) is 1. The molecule has 0 spiro atoms. The van der Waals surface area contributed by atoms with Crippen LogP contribution in [0.1, 0.15) is 30.9 Å². The molecular formula is C20H25NO4P+. The second-order valence-electron chi connectivity index (χ2n) is 5.88. The predicted octanol–water partition coefficient (Wildman–Crippen LogP) is 5.04. The molecule has 0 saturated heterocycles. The number of hydrogen-bond acceptors (Lipinski definition) is 4. The Hall–Kier alpha value is -2.23. The highest BCUT2D eigenvalue weighted by atomic mass is 31.1. The first-order chi connectivity index (χ1) is 12.7. The fraction of sp³-hybridized carbons (Fsp3) is 0.350. The van der Waals surface area contributed by atoms with Crippen molar-refractivity contribution < 1.29 is 18.6 Å². The lowest BCUT2D eigenvalue weighted by Crippen LogP contribution is -2.34. The molecule has 5 nitrogen and oxygen atoms in total. The second kappa shape index (κ2) is 11.4. The molecule has 2 aromatic carbocycles. The third kappa shape index (κ3) is 7.34. The number of carbonyl (C=O) groups is 1. The summed E-state index contributed by atoms with van der Waals surface area (Å²) in [4.78, 5) is 12.1. The fourth-order valence-electron chi connectivity index (χ4n) is 2.31. The summed E-state index contributed by atoms with van der Waals surface area (Å²) in [5.74, 6) is -0.632. The lowest BCUT2D eigenvalue weighted by atomic mass is 10.1. The molecular weight excluding hydrogens is 349 g/mol. The molecule has 0 aromatic heterocycles. The third-order valence-corrected chi connectivity index (χ3v) is 5.00. The van der Waals surface area contributed by atoms with Gasteiger partial charge in [-0.25, -0.2) is 4.79 Å². The predicted molar refractivity (Wildman–Crippen MR) is 102 cm³/mol. The Kier molecular flexibility index (Phi) is 8.81. The molecule has 2 atom stereocenters. The molecule has 0 saturated carbocycles. The minimum atomic E-state index is -2.04. The fourth-order valence-corrected chi connectivity index (χ4v) is 3.36. The molecule has 138 valence electrons. The first-order valence-corrected chi connectivity index (χ1v) is 10.0. The highest BCUT2D eigenvalue weighted by Gasteiger charge is 2.35. The van der Waals surface area contributed by atoms with E-state index in [1.54, 1.807) is 0 Å². The van der Waals surface area contributed by atoms with Crippen molar-refractivity contribution in [1.29, 1.82) is 0 Å². The highest BCUT2D eigenvalue weighted by Crippen LogP contribution is 2.30. The van der Waals surface area contributed by atoms with Crippen molar-refractivity contribution in [2.45, 2.75) is 38.6 Å². The van der Waals surface area contributed by atoms with E-state index in [9.17, 15) is 9.36 Å². The molecule has 0 aliphatic carbocycles. The Balaban J connectivity index is 1.93. The van der Waals surface area contributed by atoms with Crippen LogP contribution in [-0.2, 0) is 26.9 Å². The van der Waals surface area contributed by atoms with Gasteiger partial charge in [0.05, 0.1) is 0 Å². The van der Waals surface area contributed by atoms with Crippen LogP contribution in [0, 0.1) is 0 Å². The number of unbranched alkanes of at least 4 members (excludes halogenated alkanes) is 1. The summed E-state index contributed by atoms with van der Waals surface area (Å²) < 4.78 is 23.1. The van der Waals surface area contributed by atoms with Gasteiger partial charge in [-0.3, -0.25) is 5.32 Å². The first-order valence-electron chi connectivity index (χ1n) is 8.79. The Morgan fingerprint density at radius 2 is 1.65 bits per heavy atom. The van der Waals surface area contributed by atoms with Crippen molar-refractivity contribution in [2.24, 2.45) is 0 Å². The van der Waals surface area contributed by atoms with E-state index >= 15 is 0 Å². The van der Waals surface area contributed by atoms with Crippen LogP contribution >= 0.6 is 8.03 Å². The van der Waals surface area contributed by atoms with Crippen LogP contribution in [-0.4, -0.2) is 18.5 Å². The van der Waals surface area contributed by atoms with Crippen LogP contribution in [0.25, 0.3) is 0 Å². The monoisotopic (exact) mass is 374 g/mol. The molecule has 2 aromatic rings. The van der Waals surface area contributed by atoms with Gasteiger partial charge in [0, 0.05) is 6.42 Å². The highest BCUT2D eigenvalue weighted by molar-refractivity contribution is 7.40. The first kappa shape index (κ1) is 20.1. The molecule has 0 bridgehead atoms. The van der Waals surface area contributed by atoms with Gasteiger partial charge < -0.3 is 4.74 Å². The van der Waals surface area contributed by atoms with Gasteiger partial charge in [-0.2, -0.15) is 0 Å². The van der Waals surface area contributed by atoms with E-state index in [2.05, 4.69) is 5.32 Å². The van der Waals surface area contributed by atoms with Crippen molar-refractivity contribution >= 4 is 14.1 Å². The van der Waals surface area contributed by atoms with E-state index < -0.39 is 19.9 Å². The molecule has 1 unspecified atom stereocenters. The van der Waals surface area contributed by atoms with Crippen LogP contribution in [0.2, 0.25) is 0 Å². The molecule has 1 amide bonds. The van der Waals surface area contributed by atoms with Gasteiger partial charge in [0.15, 0.2) is 0 Å². The third-order valence-electron chi connectivity index (χ3n) is 3.74. The van der Waals surface area contributed by atoms with Gasteiger partial charge in [-0.15, -0.1) is 4.52 Å². The standard InChI is InChI=1S/C20H24NO4P/c1-2-3-14-25-26(23)19(15-17-10-6-4-7-11-17)21-20(22)24-16-18-12-8-5-9-13-18/h4-13,19H,2-3,14-16H2,1H3/p+1/t19-/m1/s1. The zero-order chi connectivity index (χ0) is 18.6. The quantitative estimate of drug-likeness (QED) is 0.467. The minimum absolute atomic E-state index is 0.165. The van der Waals surface area contributed by atoms with Gasteiger partial charge in [0.25, 0.3) is 5.78 Å². The van der Waals surface area contributed by atoms with Crippen molar-refractivity contribution in [1.82, 2.24) is 5.32 Å². The second-order valence-corrected chi connectivity index (χ2v) is 7.34. The summed E-state index contributed by atoms with van der Waals surface area (Å²) in [5.41, 5.74) is 1.87. The van der Waals surface area contributed by atoms with Crippen LogP contribution < -0.4 is 5.32 Å². The summed E-state index contributed by atoms with van der Waals surface area (Å²) >= 11 is 0. The Morgan fingerprint density at radius 1 is 1.04 bits per heavy atom. The minimum Gasteiger partial charge on any atom is -0.445 e. The van der Waals surface area contributed by atoms with Crippen molar-refractivity contribution in [3.63, 3.8) is 0 Å². The number of benzene rings is 2. The number of alkyl carbamates (subject to hydrolysis) is 1. The SMILES string of the molecule is CCCCO[P+](=O)[C@H](Cc1ccccc1)NC(=O)OCc1ccccc1. The van der Waals surface area contributed by atoms with Crippen LogP contribution in [0.5, 0.6) is 0 Å². The summed E-state index contributed by atoms with van der Waals surface area (Å²) in [6, 6.07) is 19.0. The van der Waals surface area contributed by atoms with E-state index in [1.165, 1.54) is 0 Å². The van der Waals surface area contributed by atoms with Gasteiger partial charge >= 0.3 is 14.1 Å².